The van der Waals surface area contributed by atoms with Crippen LogP contribution in [0.5, 0.6) is 0 Å². The minimum Gasteiger partial charge on any atom is -0.503 e. The van der Waals surface area contributed by atoms with E-state index in [1.54, 1.807) is 6.07 Å². The lowest BCUT2D eigenvalue weighted by atomic mass is 9.96. The SMILES string of the molecule is CCCCCCN1C(=O)C(O)=C(C(C)=O)C1c1cccc(F)c1. The topological polar surface area (TPSA) is 57.6 Å². The third kappa shape index (κ3) is 3.60. The quantitative estimate of drug-likeness (QED) is 0.780. The number of rotatable bonds is 7. The summed E-state index contributed by atoms with van der Waals surface area (Å²) < 4.78 is 13.6. The van der Waals surface area contributed by atoms with E-state index < -0.39 is 23.5 Å². The molecule has 124 valence electrons. The van der Waals surface area contributed by atoms with Crippen molar-refractivity contribution >= 4 is 11.7 Å². The predicted molar refractivity (Wildman–Crippen MR) is 85.3 cm³/mol. The molecular weight excluding hydrogens is 297 g/mol. The highest BCUT2D eigenvalue weighted by molar-refractivity contribution is 6.08. The summed E-state index contributed by atoms with van der Waals surface area (Å²) in [5.74, 6) is -1.88. The predicted octanol–water partition coefficient (Wildman–Crippen LogP) is 3.69. The molecule has 1 amide bonds. The van der Waals surface area contributed by atoms with Crippen molar-refractivity contribution in [3.05, 3.63) is 47.0 Å². The zero-order valence-electron chi connectivity index (χ0n) is 13.5. The van der Waals surface area contributed by atoms with Gasteiger partial charge in [-0.05, 0) is 31.0 Å². The number of nitrogens with zero attached hydrogens (tertiary/aromatic N) is 1. The van der Waals surface area contributed by atoms with Gasteiger partial charge < -0.3 is 10.0 Å². The second kappa shape index (κ2) is 7.40. The van der Waals surface area contributed by atoms with Crippen LogP contribution in [0.4, 0.5) is 4.39 Å². The summed E-state index contributed by atoms with van der Waals surface area (Å²) in [6.45, 7) is 3.84. The lowest BCUT2D eigenvalue weighted by Crippen LogP contribution is -2.32. The molecule has 0 spiro atoms. The van der Waals surface area contributed by atoms with Crippen molar-refractivity contribution in [2.75, 3.05) is 6.54 Å². The maximum atomic E-state index is 13.6. The first-order chi connectivity index (χ1) is 11.0. The fraction of sp³-hybridized carbons (Fsp3) is 0.444. The van der Waals surface area contributed by atoms with Crippen LogP contribution in [0.2, 0.25) is 0 Å². The van der Waals surface area contributed by atoms with Gasteiger partial charge in [-0.1, -0.05) is 38.3 Å². The third-order valence-electron chi connectivity index (χ3n) is 4.10. The maximum Gasteiger partial charge on any atom is 0.290 e. The summed E-state index contributed by atoms with van der Waals surface area (Å²) in [6.07, 6.45) is 3.88. The van der Waals surface area contributed by atoms with E-state index in [9.17, 15) is 19.1 Å². The second-order valence-electron chi connectivity index (χ2n) is 5.84. The molecule has 1 heterocycles. The summed E-state index contributed by atoms with van der Waals surface area (Å²) >= 11 is 0. The average molecular weight is 319 g/mol. The molecule has 1 aliphatic heterocycles. The lowest BCUT2D eigenvalue weighted by molar-refractivity contribution is -0.129. The van der Waals surface area contributed by atoms with Crippen molar-refractivity contribution in [1.29, 1.82) is 0 Å². The number of ketones is 1. The van der Waals surface area contributed by atoms with Crippen LogP contribution in [0, 0.1) is 5.82 Å². The van der Waals surface area contributed by atoms with E-state index in [4.69, 9.17) is 0 Å². The standard InChI is InChI=1S/C18H22FNO3/c1-3-4-5-6-10-20-16(13-8-7-9-14(19)11-13)15(12(2)21)17(22)18(20)23/h7-9,11,16,22H,3-6,10H2,1-2H3. The zero-order valence-corrected chi connectivity index (χ0v) is 13.5. The Hall–Kier alpha value is -2.17. The fourth-order valence-electron chi connectivity index (χ4n) is 2.98. The molecule has 4 nitrogen and oxygen atoms in total. The van der Waals surface area contributed by atoms with Crippen LogP contribution in [0.1, 0.15) is 51.1 Å². The highest BCUT2D eigenvalue weighted by atomic mass is 19.1. The van der Waals surface area contributed by atoms with Crippen molar-refractivity contribution < 1.29 is 19.1 Å². The van der Waals surface area contributed by atoms with Crippen LogP contribution in [0.3, 0.4) is 0 Å². The van der Waals surface area contributed by atoms with Gasteiger partial charge in [0.15, 0.2) is 11.5 Å². The summed E-state index contributed by atoms with van der Waals surface area (Å²) in [5, 5.41) is 10.1. The number of hydrogen-bond acceptors (Lipinski definition) is 3. The van der Waals surface area contributed by atoms with E-state index in [-0.39, 0.29) is 11.4 Å². The number of carbonyl (C=O) groups is 2. The Morgan fingerprint density at radius 3 is 2.65 bits per heavy atom. The van der Waals surface area contributed by atoms with Gasteiger partial charge in [-0.25, -0.2) is 4.39 Å². The molecule has 2 rings (SSSR count). The summed E-state index contributed by atoms with van der Waals surface area (Å²) in [5.41, 5.74) is 0.555. The first-order valence-electron chi connectivity index (χ1n) is 7.97. The summed E-state index contributed by atoms with van der Waals surface area (Å²) in [6, 6.07) is 5.11. The molecule has 5 heteroatoms. The van der Waals surface area contributed by atoms with Crippen LogP contribution in [0.25, 0.3) is 0 Å². The van der Waals surface area contributed by atoms with Gasteiger partial charge in [0.25, 0.3) is 5.91 Å². The number of aliphatic hydroxyl groups excluding tert-OH is 1. The van der Waals surface area contributed by atoms with E-state index in [0.29, 0.717) is 12.1 Å². The number of benzene rings is 1. The van der Waals surface area contributed by atoms with Crippen LogP contribution < -0.4 is 0 Å². The molecule has 0 aromatic heterocycles. The first-order valence-corrected chi connectivity index (χ1v) is 7.97. The van der Waals surface area contributed by atoms with Crippen molar-refractivity contribution in [3.8, 4) is 0 Å². The zero-order chi connectivity index (χ0) is 17.0. The van der Waals surface area contributed by atoms with Gasteiger partial charge in [-0.3, -0.25) is 9.59 Å². The minimum atomic E-state index is -0.711. The molecule has 1 aromatic rings. The Labute approximate surface area is 135 Å². The van der Waals surface area contributed by atoms with Crippen molar-refractivity contribution in [3.63, 3.8) is 0 Å². The van der Waals surface area contributed by atoms with E-state index in [2.05, 4.69) is 6.92 Å². The molecule has 23 heavy (non-hydrogen) atoms. The number of amides is 1. The van der Waals surface area contributed by atoms with Gasteiger partial charge in [-0.15, -0.1) is 0 Å². The Morgan fingerprint density at radius 1 is 1.30 bits per heavy atom. The number of unbranched alkanes of at least 4 members (excludes halogenated alkanes) is 3. The molecule has 1 unspecified atom stereocenters. The molecule has 1 aromatic carbocycles. The molecule has 0 fully saturated rings. The Kier molecular flexibility index (Phi) is 5.53. The van der Waals surface area contributed by atoms with Crippen LogP contribution >= 0.6 is 0 Å². The number of hydrogen-bond donors (Lipinski definition) is 1. The van der Waals surface area contributed by atoms with E-state index in [1.807, 2.05) is 0 Å². The van der Waals surface area contributed by atoms with Gasteiger partial charge in [0.2, 0.25) is 0 Å². The lowest BCUT2D eigenvalue weighted by Gasteiger charge is -2.26. The molecule has 0 aliphatic carbocycles. The number of aliphatic hydroxyl groups is 1. The smallest absolute Gasteiger partial charge is 0.290 e. The van der Waals surface area contributed by atoms with E-state index >= 15 is 0 Å². The van der Waals surface area contributed by atoms with Gasteiger partial charge in [0.05, 0.1) is 11.6 Å². The number of Topliss-reactive ketones (excluding diaryl/α,β-unsaturated/α-hetero) is 1. The van der Waals surface area contributed by atoms with Gasteiger partial charge in [0.1, 0.15) is 5.82 Å². The third-order valence-corrected chi connectivity index (χ3v) is 4.10. The van der Waals surface area contributed by atoms with Crippen molar-refractivity contribution in [2.24, 2.45) is 0 Å². The largest absolute Gasteiger partial charge is 0.503 e. The van der Waals surface area contributed by atoms with Crippen LogP contribution in [-0.2, 0) is 9.59 Å². The molecule has 0 saturated carbocycles. The average Bonchev–Trinajstić information content (AvgIpc) is 2.76. The van der Waals surface area contributed by atoms with Crippen LogP contribution in [0.15, 0.2) is 35.6 Å². The normalized spacial score (nSPS) is 18.0. The van der Waals surface area contributed by atoms with E-state index in [0.717, 1.165) is 25.7 Å². The molecule has 1 aliphatic rings. The Bertz CT molecular complexity index is 639. The Morgan fingerprint density at radius 2 is 2.04 bits per heavy atom. The number of carbonyl (C=O) groups excluding carboxylic acids is 2. The first kappa shape index (κ1) is 17.2. The fourth-order valence-corrected chi connectivity index (χ4v) is 2.98. The van der Waals surface area contributed by atoms with Gasteiger partial charge in [0, 0.05) is 6.54 Å². The monoisotopic (exact) mass is 319 g/mol. The minimum absolute atomic E-state index is 0.0519. The van der Waals surface area contributed by atoms with Crippen molar-refractivity contribution in [1.82, 2.24) is 4.90 Å². The molecular formula is C18H22FNO3. The van der Waals surface area contributed by atoms with Gasteiger partial charge >= 0.3 is 0 Å². The summed E-state index contributed by atoms with van der Waals surface area (Å²) in [4.78, 5) is 25.7. The molecule has 0 radical (unpaired) electrons. The second-order valence-corrected chi connectivity index (χ2v) is 5.84. The van der Waals surface area contributed by atoms with E-state index in [1.165, 1.54) is 30.0 Å². The molecule has 0 bridgehead atoms. The van der Waals surface area contributed by atoms with Gasteiger partial charge in [-0.2, -0.15) is 0 Å². The maximum absolute atomic E-state index is 13.6. The number of halogens is 1. The molecule has 1 atom stereocenters. The Balaban J connectivity index is 2.33. The summed E-state index contributed by atoms with van der Waals surface area (Å²) in [7, 11) is 0. The van der Waals surface area contributed by atoms with Crippen LogP contribution in [-0.4, -0.2) is 28.2 Å². The highest BCUT2D eigenvalue weighted by Gasteiger charge is 2.41. The highest BCUT2D eigenvalue weighted by Crippen LogP contribution is 2.37. The molecule has 0 saturated heterocycles. The molecule has 1 N–H and O–H groups in total. The van der Waals surface area contributed by atoms with Crippen molar-refractivity contribution in [2.45, 2.75) is 45.6 Å².